The van der Waals surface area contributed by atoms with Gasteiger partial charge in [0, 0.05) is 5.69 Å². The molecule has 2 N–H and O–H groups in total. The van der Waals surface area contributed by atoms with Crippen LogP contribution >= 0.6 is 0 Å². The highest BCUT2D eigenvalue weighted by atomic mass is 15.3. The molecule has 0 spiro atoms. The molecular formula is C6H10N3. The third kappa shape index (κ3) is 1.10. The van der Waals surface area contributed by atoms with E-state index in [1.54, 1.807) is 4.68 Å². The van der Waals surface area contributed by atoms with Crippen LogP contribution in [0.15, 0.2) is 6.07 Å². The molecule has 49 valence electrons. The molecule has 0 aliphatic rings. The van der Waals surface area contributed by atoms with E-state index in [4.69, 9.17) is 5.73 Å². The Morgan fingerprint density at radius 3 is 2.56 bits per heavy atom. The Hall–Kier alpha value is -0.830. The van der Waals surface area contributed by atoms with Gasteiger partial charge in [0.15, 0.2) is 0 Å². The first kappa shape index (κ1) is 6.29. The number of nitrogens with zero attached hydrogens (tertiary/aromatic N) is 2. The van der Waals surface area contributed by atoms with Crippen LogP contribution in [0, 0.1) is 20.5 Å². The van der Waals surface area contributed by atoms with Crippen LogP contribution < -0.4 is 5.73 Å². The van der Waals surface area contributed by atoms with Crippen LogP contribution in [0.4, 0.5) is 0 Å². The number of hydrogen-bond acceptors (Lipinski definition) is 2. The second kappa shape index (κ2) is 2.19. The van der Waals surface area contributed by atoms with E-state index in [9.17, 15) is 0 Å². The molecule has 0 aliphatic heterocycles. The van der Waals surface area contributed by atoms with Gasteiger partial charge in [-0.05, 0) is 19.9 Å². The van der Waals surface area contributed by atoms with Gasteiger partial charge in [0.1, 0.15) is 6.67 Å². The summed E-state index contributed by atoms with van der Waals surface area (Å²) in [5.41, 5.74) is 7.30. The minimum atomic E-state index is 0.995. The molecule has 0 aromatic carbocycles. The molecular weight excluding hydrogens is 114 g/mol. The van der Waals surface area contributed by atoms with E-state index in [0.717, 1.165) is 11.4 Å². The molecule has 1 aromatic heterocycles. The fraction of sp³-hybridized carbons (Fsp3) is 0.333. The van der Waals surface area contributed by atoms with E-state index in [2.05, 4.69) is 5.10 Å². The molecule has 0 bridgehead atoms. The maximum Gasteiger partial charge on any atom is 0.135 e. The summed E-state index contributed by atoms with van der Waals surface area (Å²) in [6.45, 7) is 5.35. The summed E-state index contributed by atoms with van der Waals surface area (Å²) < 4.78 is 1.65. The van der Waals surface area contributed by atoms with Crippen molar-refractivity contribution in [3.8, 4) is 0 Å². The van der Waals surface area contributed by atoms with Crippen LogP contribution in [0.3, 0.4) is 0 Å². The normalized spacial score (nSPS) is 10.1. The Morgan fingerprint density at radius 2 is 2.33 bits per heavy atom. The molecule has 3 nitrogen and oxygen atoms in total. The maximum atomic E-state index is 5.24. The van der Waals surface area contributed by atoms with Crippen LogP contribution in [0.2, 0.25) is 0 Å². The Kier molecular flexibility index (Phi) is 1.53. The molecule has 9 heavy (non-hydrogen) atoms. The maximum absolute atomic E-state index is 5.24. The molecule has 0 saturated carbocycles. The molecule has 1 heterocycles. The second-order valence-corrected chi connectivity index (χ2v) is 2.02. The lowest BCUT2D eigenvalue weighted by Crippen LogP contribution is -2.06. The van der Waals surface area contributed by atoms with E-state index in [0.29, 0.717) is 0 Å². The molecule has 0 unspecified atom stereocenters. The van der Waals surface area contributed by atoms with Gasteiger partial charge in [0.25, 0.3) is 0 Å². The average molecular weight is 124 g/mol. The highest BCUT2D eigenvalue weighted by molar-refractivity contribution is 5.07. The number of aryl methyl sites for hydroxylation is 2. The van der Waals surface area contributed by atoms with Crippen molar-refractivity contribution in [2.24, 2.45) is 5.73 Å². The first-order valence-electron chi connectivity index (χ1n) is 2.82. The highest BCUT2D eigenvalue weighted by Crippen LogP contribution is 1.99. The van der Waals surface area contributed by atoms with Gasteiger partial charge in [-0.1, -0.05) is 0 Å². The van der Waals surface area contributed by atoms with Crippen LogP contribution in [-0.2, 0) is 0 Å². The van der Waals surface area contributed by atoms with Gasteiger partial charge >= 0.3 is 0 Å². The van der Waals surface area contributed by atoms with Gasteiger partial charge < -0.3 is 5.73 Å². The zero-order chi connectivity index (χ0) is 6.85. The second-order valence-electron chi connectivity index (χ2n) is 2.02. The topological polar surface area (TPSA) is 43.8 Å². The van der Waals surface area contributed by atoms with E-state index in [1.807, 2.05) is 19.9 Å². The first-order valence-corrected chi connectivity index (χ1v) is 2.82. The molecule has 0 atom stereocenters. The van der Waals surface area contributed by atoms with Gasteiger partial charge in [-0.2, -0.15) is 5.10 Å². The molecule has 0 aliphatic carbocycles. The minimum Gasteiger partial charge on any atom is -0.307 e. The summed E-state index contributed by atoms with van der Waals surface area (Å²) >= 11 is 0. The van der Waals surface area contributed by atoms with E-state index >= 15 is 0 Å². The summed E-state index contributed by atoms with van der Waals surface area (Å²) in [6.07, 6.45) is 0. The monoisotopic (exact) mass is 124 g/mol. The largest absolute Gasteiger partial charge is 0.307 e. The first-order chi connectivity index (χ1) is 4.24. The van der Waals surface area contributed by atoms with Gasteiger partial charge in [-0.3, -0.25) is 0 Å². The molecule has 1 radical (unpaired) electrons. The lowest BCUT2D eigenvalue weighted by molar-refractivity contribution is 0.757. The Balaban J connectivity index is 3.01. The smallest absolute Gasteiger partial charge is 0.135 e. The third-order valence-corrected chi connectivity index (χ3v) is 1.19. The van der Waals surface area contributed by atoms with Crippen molar-refractivity contribution in [3.63, 3.8) is 0 Å². The Morgan fingerprint density at radius 1 is 1.67 bits per heavy atom. The van der Waals surface area contributed by atoms with Crippen molar-refractivity contribution in [2.75, 3.05) is 0 Å². The summed E-state index contributed by atoms with van der Waals surface area (Å²) in [4.78, 5) is 0. The lowest BCUT2D eigenvalue weighted by Gasteiger charge is -1.94. The van der Waals surface area contributed by atoms with Crippen LogP contribution in [0.1, 0.15) is 11.4 Å². The fourth-order valence-corrected chi connectivity index (χ4v) is 0.797. The van der Waals surface area contributed by atoms with Gasteiger partial charge in [-0.15, -0.1) is 0 Å². The summed E-state index contributed by atoms with van der Waals surface area (Å²) in [5.74, 6) is 0. The lowest BCUT2D eigenvalue weighted by atomic mass is 10.4. The number of hydrogen-bond donors (Lipinski definition) is 1. The molecule has 1 rings (SSSR count). The zero-order valence-corrected chi connectivity index (χ0v) is 5.63. The standard InChI is InChI=1S/C6H10N3/c1-5-3-6(2)9(4-7)8-5/h3-4H,7H2,1-2H3. The third-order valence-electron chi connectivity index (χ3n) is 1.19. The summed E-state index contributed by atoms with van der Waals surface area (Å²) in [6, 6.07) is 1.98. The minimum absolute atomic E-state index is 0.995. The Bertz CT molecular complexity index is 202. The SMILES string of the molecule is Cc1cc(C)n([CH]N)n1. The van der Waals surface area contributed by atoms with Crippen LogP contribution in [0.25, 0.3) is 0 Å². The van der Waals surface area contributed by atoms with Crippen molar-refractivity contribution in [2.45, 2.75) is 13.8 Å². The van der Waals surface area contributed by atoms with E-state index < -0.39 is 0 Å². The fourth-order valence-electron chi connectivity index (χ4n) is 0.797. The summed E-state index contributed by atoms with van der Waals surface area (Å²) in [5, 5.41) is 4.06. The molecule has 1 aromatic rings. The zero-order valence-electron chi connectivity index (χ0n) is 5.63. The molecule has 0 saturated heterocycles. The highest BCUT2D eigenvalue weighted by Gasteiger charge is 1.95. The molecule has 0 amide bonds. The summed E-state index contributed by atoms with van der Waals surface area (Å²) in [7, 11) is 0. The van der Waals surface area contributed by atoms with Crippen molar-refractivity contribution >= 4 is 0 Å². The predicted octanol–water partition coefficient (Wildman–Crippen LogP) is 0.426. The van der Waals surface area contributed by atoms with Crippen molar-refractivity contribution in [1.82, 2.24) is 9.78 Å². The van der Waals surface area contributed by atoms with Gasteiger partial charge in [0.2, 0.25) is 0 Å². The quantitative estimate of drug-likeness (QED) is 0.589. The number of rotatable bonds is 1. The van der Waals surface area contributed by atoms with Gasteiger partial charge in [-0.25, -0.2) is 4.68 Å². The van der Waals surface area contributed by atoms with Crippen LogP contribution in [-0.4, -0.2) is 9.78 Å². The van der Waals surface area contributed by atoms with Crippen molar-refractivity contribution in [3.05, 3.63) is 24.1 Å². The Labute approximate surface area is 54.5 Å². The van der Waals surface area contributed by atoms with Crippen molar-refractivity contribution in [1.29, 1.82) is 0 Å². The van der Waals surface area contributed by atoms with Crippen molar-refractivity contribution < 1.29 is 0 Å². The molecule has 0 fully saturated rings. The van der Waals surface area contributed by atoms with E-state index in [1.165, 1.54) is 6.67 Å². The van der Waals surface area contributed by atoms with Crippen LogP contribution in [0.5, 0.6) is 0 Å². The van der Waals surface area contributed by atoms with Gasteiger partial charge in [0.05, 0.1) is 5.69 Å². The number of nitrogens with two attached hydrogens (primary N) is 1. The molecule has 3 heteroatoms. The number of aromatic nitrogens is 2. The average Bonchev–Trinajstić information content (AvgIpc) is 2.10. The van der Waals surface area contributed by atoms with E-state index in [-0.39, 0.29) is 0 Å². The predicted molar refractivity (Wildman–Crippen MR) is 35.6 cm³/mol.